The summed E-state index contributed by atoms with van der Waals surface area (Å²) in [6.45, 7) is 12.6. The lowest BCUT2D eigenvalue weighted by Gasteiger charge is -2.10. The van der Waals surface area contributed by atoms with Crippen LogP contribution in [0.15, 0.2) is 18.7 Å². The molecule has 1 aromatic rings. The normalized spacial score (nSPS) is 10.2. The third-order valence-electron chi connectivity index (χ3n) is 2.52. The van der Waals surface area contributed by atoms with Crippen LogP contribution in [0.2, 0.25) is 0 Å². The smallest absolute Gasteiger partial charge is 0.0201 e. The molecule has 0 N–H and O–H groups in total. The summed E-state index contributed by atoms with van der Waals surface area (Å²) in [5, 5.41) is 0. The largest absolute Gasteiger partial charge is 0.0955 e. The lowest BCUT2D eigenvalue weighted by atomic mass is 9.95. The molecule has 0 saturated carbocycles. The van der Waals surface area contributed by atoms with E-state index in [1.807, 2.05) is 0 Å². The Morgan fingerprint density at radius 1 is 1.23 bits per heavy atom. The van der Waals surface area contributed by atoms with Crippen molar-refractivity contribution in [3.05, 3.63) is 41.0 Å². The van der Waals surface area contributed by atoms with Gasteiger partial charge in [0.2, 0.25) is 0 Å². The fourth-order valence-corrected chi connectivity index (χ4v) is 1.74. The third kappa shape index (κ3) is 2.00. The minimum Gasteiger partial charge on any atom is -0.0955 e. The Hall–Kier alpha value is -1.04. The van der Waals surface area contributed by atoms with E-state index >= 15 is 0 Å². The Bertz CT molecular complexity index is 332. The van der Waals surface area contributed by atoms with Crippen LogP contribution in [-0.4, -0.2) is 0 Å². The van der Waals surface area contributed by atoms with Crippen LogP contribution in [0.25, 0.3) is 5.57 Å². The molecule has 0 aromatic heterocycles. The summed E-state index contributed by atoms with van der Waals surface area (Å²) < 4.78 is 0. The molecule has 0 aliphatic rings. The third-order valence-corrected chi connectivity index (χ3v) is 2.52. The van der Waals surface area contributed by atoms with E-state index in [-0.39, 0.29) is 0 Å². The Balaban J connectivity index is 3.30. The monoisotopic (exact) mass is 174 g/mol. The zero-order valence-corrected chi connectivity index (χ0v) is 9.07. The highest BCUT2D eigenvalue weighted by atomic mass is 14.1. The van der Waals surface area contributed by atoms with E-state index in [2.05, 4.69) is 46.4 Å². The molecule has 0 heterocycles. The van der Waals surface area contributed by atoms with Crippen LogP contribution in [0.4, 0.5) is 0 Å². The van der Waals surface area contributed by atoms with Gasteiger partial charge in [-0.15, -0.1) is 0 Å². The first kappa shape index (κ1) is 10.0. The van der Waals surface area contributed by atoms with E-state index in [4.69, 9.17) is 0 Å². The first-order chi connectivity index (χ1) is 6.06. The second kappa shape index (κ2) is 3.78. The van der Waals surface area contributed by atoms with Crippen LogP contribution < -0.4 is 0 Å². The number of allylic oxidation sites excluding steroid dienone is 1. The van der Waals surface area contributed by atoms with Crippen molar-refractivity contribution in [3.8, 4) is 0 Å². The maximum Gasteiger partial charge on any atom is -0.0201 e. The summed E-state index contributed by atoms with van der Waals surface area (Å²) >= 11 is 0. The Morgan fingerprint density at radius 2 is 1.85 bits per heavy atom. The van der Waals surface area contributed by atoms with Gasteiger partial charge in [-0.05, 0) is 49.4 Å². The fourth-order valence-electron chi connectivity index (χ4n) is 1.74. The summed E-state index contributed by atoms with van der Waals surface area (Å²) in [5.74, 6) is 0. The van der Waals surface area contributed by atoms with E-state index in [0.717, 1.165) is 12.0 Å². The molecule has 0 radical (unpaired) electrons. The summed E-state index contributed by atoms with van der Waals surface area (Å²) in [7, 11) is 0. The van der Waals surface area contributed by atoms with Gasteiger partial charge in [0.1, 0.15) is 0 Å². The van der Waals surface area contributed by atoms with Crippen LogP contribution in [-0.2, 0) is 6.42 Å². The molecule has 0 amide bonds. The summed E-state index contributed by atoms with van der Waals surface area (Å²) in [6.07, 6.45) is 1.10. The molecule has 1 aromatic carbocycles. The van der Waals surface area contributed by atoms with Gasteiger partial charge in [0.05, 0.1) is 0 Å². The van der Waals surface area contributed by atoms with Gasteiger partial charge in [-0.2, -0.15) is 0 Å². The van der Waals surface area contributed by atoms with Crippen LogP contribution in [0.3, 0.4) is 0 Å². The molecule has 13 heavy (non-hydrogen) atoms. The zero-order chi connectivity index (χ0) is 10.0. The number of hydrogen-bond donors (Lipinski definition) is 0. The summed E-state index contributed by atoms with van der Waals surface area (Å²) in [4.78, 5) is 0. The van der Waals surface area contributed by atoms with Gasteiger partial charge in [0, 0.05) is 0 Å². The molecule has 0 heteroatoms. The van der Waals surface area contributed by atoms with E-state index in [0.29, 0.717) is 0 Å². The molecule has 0 bridgehead atoms. The highest BCUT2D eigenvalue weighted by Crippen LogP contribution is 2.21. The van der Waals surface area contributed by atoms with E-state index in [1.54, 1.807) is 0 Å². The molecule has 0 unspecified atom stereocenters. The van der Waals surface area contributed by atoms with E-state index in [9.17, 15) is 0 Å². The Morgan fingerprint density at radius 3 is 2.31 bits per heavy atom. The number of rotatable bonds is 2. The summed E-state index contributed by atoms with van der Waals surface area (Å²) in [5.41, 5.74) is 6.63. The molecule has 0 spiro atoms. The molecule has 70 valence electrons. The first-order valence-electron chi connectivity index (χ1n) is 4.82. The minimum atomic E-state index is 1.10. The first-order valence-corrected chi connectivity index (χ1v) is 4.82. The van der Waals surface area contributed by atoms with Crippen molar-refractivity contribution in [1.82, 2.24) is 0 Å². The van der Waals surface area contributed by atoms with Crippen molar-refractivity contribution in [2.75, 3.05) is 0 Å². The maximum atomic E-state index is 3.99. The number of aryl methyl sites for hydroxylation is 3. The Labute approximate surface area is 81.3 Å². The second-order valence-electron chi connectivity index (χ2n) is 3.73. The lowest BCUT2D eigenvalue weighted by Crippen LogP contribution is -1.92. The minimum absolute atomic E-state index is 1.10. The van der Waals surface area contributed by atoms with E-state index < -0.39 is 0 Å². The quantitative estimate of drug-likeness (QED) is 0.638. The molecule has 0 aliphatic carbocycles. The van der Waals surface area contributed by atoms with Crippen molar-refractivity contribution >= 4 is 5.57 Å². The van der Waals surface area contributed by atoms with Gasteiger partial charge >= 0.3 is 0 Å². The van der Waals surface area contributed by atoms with Gasteiger partial charge in [-0.25, -0.2) is 0 Å². The number of hydrogen-bond acceptors (Lipinski definition) is 0. The lowest BCUT2D eigenvalue weighted by molar-refractivity contribution is 1.10. The van der Waals surface area contributed by atoms with E-state index in [1.165, 1.54) is 22.3 Å². The number of benzene rings is 1. The Kier molecular flexibility index (Phi) is 2.92. The molecular formula is C13H18. The van der Waals surface area contributed by atoms with Gasteiger partial charge < -0.3 is 0 Å². The molecule has 0 aliphatic heterocycles. The van der Waals surface area contributed by atoms with Crippen molar-refractivity contribution in [2.45, 2.75) is 34.1 Å². The maximum absolute atomic E-state index is 3.99. The van der Waals surface area contributed by atoms with Crippen molar-refractivity contribution in [1.29, 1.82) is 0 Å². The van der Waals surface area contributed by atoms with Gasteiger partial charge in [-0.3, -0.25) is 0 Å². The van der Waals surface area contributed by atoms with Gasteiger partial charge in [0.15, 0.2) is 0 Å². The fraction of sp³-hybridized carbons (Fsp3) is 0.385. The van der Waals surface area contributed by atoms with Crippen LogP contribution in [0.5, 0.6) is 0 Å². The standard InChI is InChI=1S/C13H18/c1-6-12-8-13(9(2)3)11(5)7-10(12)4/h7-8H,2,6H2,1,3-5H3. The van der Waals surface area contributed by atoms with Gasteiger partial charge in [-0.1, -0.05) is 31.2 Å². The van der Waals surface area contributed by atoms with Gasteiger partial charge in [0.25, 0.3) is 0 Å². The molecule has 0 atom stereocenters. The van der Waals surface area contributed by atoms with Crippen molar-refractivity contribution in [2.24, 2.45) is 0 Å². The SMILES string of the molecule is C=C(C)c1cc(CC)c(C)cc1C. The average molecular weight is 174 g/mol. The summed E-state index contributed by atoms with van der Waals surface area (Å²) in [6, 6.07) is 4.52. The molecule has 0 fully saturated rings. The molecular weight excluding hydrogens is 156 g/mol. The highest BCUT2D eigenvalue weighted by molar-refractivity contribution is 5.65. The van der Waals surface area contributed by atoms with Crippen LogP contribution in [0.1, 0.15) is 36.1 Å². The van der Waals surface area contributed by atoms with Crippen molar-refractivity contribution in [3.63, 3.8) is 0 Å². The topological polar surface area (TPSA) is 0 Å². The highest BCUT2D eigenvalue weighted by Gasteiger charge is 2.03. The predicted octanol–water partition coefficient (Wildman–Crippen LogP) is 3.90. The van der Waals surface area contributed by atoms with Crippen LogP contribution in [0, 0.1) is 13.8 Å². The van der Waals surface area contributed by atoms with Crippen molar-refractivity contribution < 1.29 is 0 Å². The zero-order valence-electron chi connectivity index (χ0n) is 9.07. The predicted molar refractivity (Wildman–Crippen MR) is 60.0 cm³/mol. The second-order valence-corrected chi connectivity index (χ2v) is 3.73. The average Bonchev–Trinajstić information content (AvgIpc) is 2.03. The van der Waals surface area contributed by atoms with Crippen LogP contribution >= 0.6 is 0 Å². The molecule has 1 rings (SSSR count). The molecule has 0 saturated heterocycles. The molecule has 0 nitrogen and oxygen atoms in total.